The number of aryl methyl sites for hydroxylation is 1. The van der Waals surface area contributed by atoms with Gasteiger partial charge in [-0.1, -0.05) is 15.9 Å². The molecular weight excluding hydrogens is 350 g/mol. The lowest BCUT2D eigenvalue weighted by Gasteiger charge is -2.30. The average molecular weight is 371 g/mol. The highest BCUT2D eigenvalue weighted by atomic mass is 79.9. The van der Waals surface area contributed by atoms with Crippen molar-refractivity contribution in [1.82, 2.24) is 14.5 Å². The van der Waals surface area contributed by atoms with Gasteiger partial charge in [-0.25, -0.2) is 4.98 Å². The smallest absolute Gasteiger partial charge is 0.111 e. The molecule has 2 aromatic rings. The maximum absolute atomic E-state index is 5.96. The van der Waals surface area contributed by atoms with E-state index in [1.54, 1.807) is 0 Å². The van der Waals surface area contributed by atoms with Crippen LogP contribution in [-0.4, -0.2) is 40.5 Å². The minimum absolute atomic E-state index is 0.620. The lowest BCUT2D eigenvalue weighted by atomic mass is 9.98. The Morgan fingerprint density at radius 1 is 1.43 bits per heavy atom. The third-order valence-electron chi connectivity index (χ3n) is 4.27. The number of hydrogen-bond acceptors (Lipinski definition) is 2. The first-order chi connectivity index (χ1) is 10.2. The molecule has 0 aliphatic carbocycles. The molecule has 1 fully saturated rings. The maximum Gasteiger partial charge on any atom is 0.111 e. The normalized spacial score (nSPS) is 20.2. The highest BCUT2D eigenvalue weighted by Crippen LogP contribution is 2.25. The third kappa shape index (κ3) is 3.43. The zero-order chi connectivity index (χ0) is 14.8. The predicted octanol–water partition coefficient (Wildman–Crippen LogP) is 3.92. The van der Waals surface area contributed by atoms with E-state index in [1.807, 2.05) is 0 Å². The van der Waals surface area contributed by atoms with Crippen molar-refractivity contribution < 1.29 is 0 Å². The molecule has 0 amide bonds. The molecule has 0 bridgehead atoms. The van der Waals surface area contributed by atoms with Gasteiger partial charge in [-0.05, 0) is 50.6 Å². The van der Waals surface area contributed by atoms with Crippen molar-refractivity contribution in [2.45, 2.75) is 25.8 Å². The molecule has 1 aliphatic heterocycles. The molecule has 1 atom stereocenters. The molecule has 2 heterocycles. The van der Waals surface area contributed by atoms with E-state index in [0.29, 0.717) is 11.8 Å². The van der Waals surface area contributed by atoms with E-state index in [-0.39, 0.29) is 0 Å². The number of piperidine rings is 1. The molecule has 5 heteroatoms. The van der Waals surface area contributed by atoms with Gasteiger partial charge in [0.2, 0.25) is 0 Å². The van der Waals surface area contributed by atoms with Crippen molar-refractivity contribution in [1.29, 1.82) is 0 Å². The Balaban J connectivity index is 1.94. The van der Waals surface area contributed by atoms with Crippen LogP contribution in [0.4, 0.5) is 0 Å². The predicted molar refractivity (Wildman–Crippen MR) is 92.1 cm³/mol. The lowest BCUT2D eigenvalue weighted by Crippen LogP contribution is -2.34. The van der Waals surface area contributed by atoms with Gasteiger partial charge in [0.25, 0.3) is 0 Å². The van der Waals surface area contributed by atoms with Gasteiger partial charge in [-0.15, -0.1) is 11.6 Å². The van der Waals surface area contributed by atoms with E-state index >= 15 is 0 Å². The molecule has 1 aliphatic rings. The minimum atomic E-state index is 0.620. The van der Waals surface area contributed by atoms with Crippen LogP contribution in [-0.2, 0) is 13.0 Å². The summed E-state index contributed by atoms with van der Waals surface area (Å²) in [5.41, 5.74) is 2.29. The van der Waals surface area contributed by atoms with E-state index in [2.05, 4.69) is 50.6 Å². The third-order valence-corrected chi connectivity index (χ3v) is 4.95. The molecule has 1 saturated heterocycles. The van der Waals surface area contributed by atoms with Crippen LogP contribution in [0.5, 0.6) is 0 Å². The van der Waals surface area contributed by atoms with Crippen molar-refractivity contribution >= 4 is 38.6 Å². The zero-order valence-electron chi connectivity index (χ0n) is 12.4. The van der Waals surface area contributed by atoms with Gasteiger partial charge in [0, 0.05) is 29.9 Å². The number of benzene rings is 1. The first-order valence-electron chi connectivity index (χ1n) is 7.56. The fraction of sp³-hybridized carbons (Fsp3) is 0.562. The zero-order valence-corrected chi connectivity index (χ0v) is 14.7. The summed E-state index contributed by atoms with van der Waals surface area (Å²) < 4.78 is 3.49. The quantitative estimate of drug-likeness (QED) is 0.761. The molecule has 0 spiro atoms. The van der Waals surface area contributed by atoms with Gasteiger partial charge >= 0.3 is 0 Å². The fourth-order valence-electron chi connectivity index (χ4n) is 3.31. The van der Waals surface area contributed by atoms with Gasteiger partial charge < -0.3 is 9.47 Å². The molecule has 3 nitrogen and oxygen atoms in total. The molecule has 3 rings (SSSR count). The standard InChI is InChI=1S/C16H21BrClN3/c1-20-8-2-3-12(10-20)11-21-15-9-13(17)4-5-14(15)19-16(21)6-7-18/h4-5,9,12H,2-3,6-8,10-11H2,1H3. The van der Waals surface area contributed by atoms with Crippen LogP contribution >= 0.6 is 27.5 Å². The molecule has 0 N–H and O–H groups in total. The number of rotatable bonds is 4. The van der Waals surface area contributed by atoms with Crippen LogP contribution in [0.2, 0.25) is 0 Å². The summed E-state index contributed by atoms with van der Waals surface area (Å²) in [6.07, 6.45) is 3.43. The summed E-state index contributed by atoms with van der Waals surface area (Å²) in [6.45, 7) is 3.44. The number of alkyl halides is 1. The van der Waals surface area contributed by atoms with Gasteiger partial charge in [-0.3, -0.25) is 0 Å². The Morgan fingerprint density at radius 3 is 3.05 bits per heavy atom. The van der Waals surface area contributed by atoms with Crippen LogP contribution in [0.3, 0.4) is 0 Å². The molecule has 1 aromatic carbocycles. The SMILES string of the molecule is CN1CCCC(Cn2c(CCCl)nc3ccc(Br)cc32)C1. The number of fused-ring (bicyclic) bond motifs is 1. The van der Waals surface area contributed by atoms with Crippen LogP contribution in [0.1, 0.15) is 18.7 Å². The highest BCUT2D eigenvalue weighted by Gasteiger charge is 2.20. The van der Waals surface area contributed by atoms with Crippen molar-refractivity contribution in [2.24, 2.45) is 5.92 Å². The number of halogens is 2. The van der Waals surface area contributed by atoms with Crippen molar-refractivity contribution in [3.8, 4) is 0 Å². The van der Waals surface area contributed by atoms with Crippen LogP contribution in [0, 0.1) is 5.92 Å². The van der Waals surface area contributed by atoms with E-state index in [1.165, 1.54) is 31.4 Å². The molecule has 0 saturated carbocycles. The monoisotopic (exact) mass is 369 g/mol. The summed E-state index contributed by atoms with van der Waals surface area (Å²) >= 11 is 9.54. The Bertz CT molecular complexity index is 625. The maximum atomic E-state index is 5.96. The molecule has 0 radical (unpaired) electrons. The van der Waals surface area contributed by atoms with Crippen LogP contribution < -0.4 is 0 Å². The number of imidazole rings is 1. The van der Waals surface area contributed by atoms with Gasteiger partial charge in [0.1, 0.15) is 5.82 Å². The Labute approximate surface area is 139 Å². The Morgan fingerprint density at radius 2 is 2.29 bits per heavy atom. The molecule has 114 valence electrons. The summed E-state index contributed by atoms with van der Waals surface area (Å²) in [7, 11) is 2.22. The van der Waals surface area contributed by atoms with E-state index in [4.69, 9.17) is 16.6 Å². The summed E-state index contributed by atoms with van der Waals surface area (Å²) in [5.74, 6) is 2.44. The summed E-state index contributed by atoms with van der Waals surface area (Å²) in [5, 5.41) is 0. The molecule has 1 unspecified atom stereocenters. The van der Waals surface area contributed by atoms with Gasteiger partial charge in [0.15, 0.2) is 0 Å². The second kappa shape index (κ2) is 6.67. The van der Waals surface area contributed by atoms with E-state index < -0.39 is 0 Å². The molecule has 21 heavy (non-hydrogen) atoms. The average Bonchev–Trinajstić information content (AvgIpc) is 2.77. The second-order valence-corrected chi connectivity index (χ2v) is 7.27. The van der Waals surface area contributed by atoms with Crippen molar-refractivity contribution in [3.05, 3.63) is 28.5 Å². The number of aromatic nitrogens is 2. The number of likely N-dealkylation sites (tertiary alicyclic amines) is 1. The fourth-order valence-corrected chi connectivity index (χ4v) is 3.82. The first kappa shape index (κ1) is 15.3. The van der Waals surface area contributed by atoms with Crippen LogP contribution in [0.25, 0.3) is 11.0 Å². The molecule has 1 aromatic heterocycles. The Hall–Kier alpha value is -0.580. The van der Waals surface area contributed by atoms with Crippen molar-refractivity contribution in [2.75, 3.05) is 26.0 Å². The lowest BCUT2D eigenvalue weighted by molar-refractivity contribution is 0.194. The topological polar surface area (TPSA) is 21.1 Å². The van der Waals surface area contributed by atoms with E-state index in [9.17, 15) is 0 Å². The summed E-state index contributed by atoms with van der Waals surface area (Å²) in [6, 6.07) is 6.31. The highest BCUT2D eigenvalue weighted by molar-refractivity contribution is 9.10. The van der Waals surface area contributed by atoms with Crippen molar-refractivity contribution in [3.63, 3.8) is 0 Å². The number of hydrogen-bond donors (Lipinski definition) is 0. The first-order valence-corrected chi connectivity index (χ1v) is 8.89. The molecular formula is C16H21BrClN3. The van der Waals surface area contributed by atoms with Crippen LogP contribution in [0.15, 0.2) is 22.7 Å². The van der Waals surface area contributed by atoms with Gasteiger partial charge in [-0.2, -0.15) is 0 Å². The Kier molecular flexibility index (Phi) is 4.87. The minimum Gasteiger partial charge on any atom is -0.328 e. The van der Waals surface area contributed by atoms with E-state index in [0.717, 1.165) is 28.8 Å². The largest absolute Gasteiger partial charge is 0.328 e. The number of nitrogens with zero attached hydrogens (tertiary/aromatic N) is 3. The van der Waals surface area contributed by atoms with Gasteiger partial charge in [0.05, 0.1) is 11.0 Å². The second-order valence-electron chi connectivity index (χ2n) is 5.98. The summed E-state index contributed by atoms with van der Waals surface area (Å²) in [4.78, 5) is 7.21.